The molecule has 0 bridgehead atoms. The Hall–Kier alpha value is -1.58. The molecule has 0 unspecified atom stereocenters. The molecule has 0 spiro atoms. The van der Waals surface area contributed by atoms with Gasteiger partial charge in [-0.3, -0.25) is 4.90 Å². The van der Waals surface area contributed by atoms with Gasteiger partial charge >= 0.3 is 6.09 Å². The molecule has 4 heteroatoms. The molecule has 0 N–H and O–H groups in total. The molecule has 0 aromatic carbocycles. The minimum atomic E-state index is -0.590. The molecule has 0 saturated carbocycles. The Balaban J connectivity index is 4.91. The fourth-order valence-corrected chi connectivity index (χ4v) is 1.39. The van der Waals surface area contributed by atoms with Crippen LogP contribution in [0, 0.1) is 0 Å². The van der Waals surface area contributed by atoms with Crippen molar-refractivity contribution in [2.45, 2.75) is 45.8 Å². The van der Waals surface area contributed by atoms with Crippen molar-refractivity contribution in [2.75, 3.05) is 6.54 Å². The Kier molecular flexibility index (Phi) is 6.37. The first-order valence-corrected chi connectivity index (χ1v) is 5.91. The minimum Gasteiger partial charge on any atom is -0.444 e. The number of ether oxygens (including phenoxy) is 1. The molecule has 1 atom stereocenters. The predicted molar refractivity (Wildman–Crippen MR) is 72.4 cm³/mol. The summed E-state index contributed by atoms with van der Waals surface area (Å²) in [5, 5.41) is 0. The second-order valence-electron chi connectivity index (χ2n) is 5.29. The average molecular weight is 253 g/mol. The first-order chi connectivity index (χ1) is 8.21. The Labute approximate surface area is 109 Å². The number of hydrogen-bond donors (Lipinski definition) is 0. The van der Waals surface area contributed by atoms with Gasteiger partial charge in [0.15, 0.2) is 0 Å². The zero-order valence-electron chi connectivity index (χ0n) is 11.7. The van der Waals surface area contributed by atoms with Crippen LogP contribution in [0.1, 0.15) is 34.1 Å². The monoisotopic (exact) mass is 253 g/mol. The van der Waals surface area contributed by atoms with E-state index >= 15 is 0 Å². The maximum Gasteiger partial charge on any atom is 0.411 e. The van der Waals surface area contributed by atoms with Crippen LogP contribution in [0.15, 0.2) is 24.8 Å². The van der Waals surface area contributed by atoms with Crippen LogP contribution in [0.2, 0.25) is 0 Å². The number of carbonyl (C=O) groups excluding carboxylic acids is 2. The van der Waals surface area contributed by atoms with Crippen LogP contribution < -0.4 is 0 Å². The van der Waals surface area contributed by atoms with Crippen molar-refractivity contribution in [3.63, 3.8) is 0 Å². The lowest BCUT2D eigenvalue weighted by atomic mass is 10.1. The van der Waals surface area contributed by atoms with Gasteiger partial charge in [0.2, 0.25) is 0 Å². The number of nitrogens with zero attached hydrogens (tertiary/aromatic N) is 1. The maximum atomic E-state index is 12.0. The van der Waals surface area contributed by atoms with E-state index in [0.717, 1.165) is 11.9 Å². The summed E-state index contributed by atoms with van der Waals surface area (Å²) in [4.78, 5) is 24.5. The van der Waals surface area contributed by atoms with Gasteiger partial charge in [0, 0.05) is 6.54 Å². The van der Waals surface area contributed by atoms with E-state index in [4.69, 9.17) is 4.74 Å². The lowest BCUT2D eigenvalue weighted by Gasteiger charge is -2.30. The summed E-state index contributed by atoms with van der Waals surface area (Å²) < 4.78 is 5.27. The van der Waals surface area contributed by atoms with E-state index in [1.807, 2.05) is 6.92 Å². The van der Waals surface area contributed by atoms with Gasteiger partial charge < -0.3 is 9.53 Å². The molecule has 1 amide bonds. The first kappa shape index (κ1) is 16.4. The molecule has 0 fully saturated rings. The van der Waals surface area contributed by atoms with Gasteiger partial charge in [0.25, 0.3) is 0 Å². The third-order valence-electron chi connectivity index (χ3n) is 2.07. The second-order valence-corrected chi connectivity index (χ2v) is 5.29. The molecule has 0 aliphatic rings. The van der Waals surface area contributed by atoms with Gasteiger partial charge in [-0.05, 0) is 34.1 Å². The summed E-state index contributed by atoms with van der Waals surface area (Å²) in [7, 11) is 0. The van der Waals surface area contributed by atoms with Crippen LogP contribution in [0.3, 0.4) is 0 Å². The molecule has 0 aromatic heterocycles. The Bertz CT molecular complexity index is 328. The van der Waals surface area contributed by atoms with Crippen molar-refractivity contribution in [3.8, 4) is 0 Å². The van der Waals surface area contributed by atoms with E-state index in [2.05, 4.69) is 13.2 Å². The van der Waals surface area contributed by atoms with E-state index in [1.165, 1.54) is 4.90 Å². The summed E-state index contributed by atoms with van der Waals surface area (Å²) in [6, 6.07) is -0.560. The Morgan fingerprint density at radius 1 is 1.44 bits per heavy atom. The molecule has 0 radical (unpaired) electrons. The largest absolute Gasteiger partial charge is 0.444 e. The highest BCUT2D eigenvalue weighted by atomic mass is 16.6. The first-order valence-electron chi connectivity index (χ1n) is 5.91. The van der Waals surface area contributed by atoms with Crippen molar-refractivity contribution in [1.29, 1.82) is 0 Å². The van der Waals surface area contributed by atoms with Crippen LogP contribution in [0.25, 0.3) is 0 Å². The fourth-order valence-electron chi connectivity index (χ4n) is 1.39. The maximum absolute atomic E-state index is 12.0. The lowest BCUT2D eigenvalue weighted by Crippen LogP contribution is -2.44. The van der Waals surface area contributed by atoms with E-state index in [0.29, 0.717) is 6.42 Å². The van der Waals surface area contributed by atoms with Crippen LogP contribution >= 0.6 is 0 Å². The van der Waals surface area contributed by atoms with Crippen molar-refractivity contribution >= 4 is 12.4 Å². The highest BCUT2D eigenvalue weighted by Crippen LogP contribution is 2.14. The number of carbonyl (C=O) groups is 2. The third kappa shape index (κ3) is 6.23. The minimum absolute atomic E-state index is 0.269. The Morgan fingerprint density at radius 2 is 2.00 bits per heavy atom. The molecule has 4 nitrogen and oxygen atoms in total. The Morgan fingerprint density at radius 3 is 2.33 bits per heavy atom. The number of aldehydes is 1. The molecule has 0 saturated heterocycles. The van der Waals surface area contributed by atoms with E-state index in [-0.39, 0.29) is 6.54 Å². The second kappa shape index (κ2) is 6.99. The standard InChI is InChI=1S/C14H23NO3/c1-7-8-15(12(10-16)9-11(2)3)13(17)18-14(4,5)6/h7,10,12H,1-2,8-9H2,3-6H3/t12-/m1/s1. The van der Waals surface area contributed by atoms with Gasteiger partial charge in [0.1, 0.15) is 11.9 Å². The van der Waals surface area contributed by atoms with Crippen LogP contribution in [-0.2, 0) is 9.53 Å². The van der Waals surface area contributed by atoms with Gasteiger partial charge in [0.05, 0.1) is 6.04 Å². The van der Waals surface area contributed by atoms with Crippen molar-refractivity contribution < 1.29 is 14.3 Å². The average Bonchev–Trinajstić information content (AvgIpc) is 2.20. The molecule has 0 heterocycles. The summed E-state index contributed by atoms with van der Waals surface area (Å²) in [5.41, 5.74) is 0.248. The number of rotatable bonds is 6. The molecule has 0 aliphatic heterocycles. The molecule has 102 valence electrons. The van der Waals surface area contributed by atoms with E-state index in [9.17, 15) is 9.59 Å². The normalized spacial score (nSPS) is 12.4. The van der Waals surface area contributed by atoms with E-state index in [1.54, 1.807) is 26.8 Å². The predicted octanol–water partition coefficient (Wildman–Crippen LogP) is 2.94. The van der Waals surface area contributed by atoms with Crippen LogP contribution in [-0.4, -0.2) is 35.5 Å². The van der Waals surface area contributed by atoms with Gasteiger partial charge in [-0.15, -0.1) is 13.2 Å². The zero-order chi connectivity index (χ0) is 14.3. The van der Waals surface area contributed by atoms with Gasteiger partial charge in [-0.25, -0.2) is 4.79 Å². The van der Waals surface area contributed by atoms with Crippen molar-refractivity contribution in [2.24, 2.45) is 0 Å². The molecule has 18 heavy (non-hydrogen) atoms. The molecule has 0 aromatic rings. The van der Waals surface area contributed by atoms with Crippen molar-refractivity contribution in [3.05, 3.63) is 24.8 Å². The molecule has 0 rings (SSSR count). The topological polar surface area (TPSA) is 46.6 Å². The zero-order valence-corrected chi connectivity index (χ0v) is 11.7. The lowest BCUT2D eigenvalue weighted by molar-refractivity contribution is -0.112. The van der Waals surface area contributed by atoms with Gasteiger partial charge in [-0.1, -0.05) is 11.6 Å². The number of amides is 1. The van der Waals surface area contributed by atoms with Crippen LogP contribution in [0.4, 0.5) is 4.79 Å². The smallest absolute Gasteiger partial charge is 0.411 e. The number of hydrogen-bond acceptors (Lipinski definition) is 3. The summed E-state index contributed by atoms with van der Waals surface area (Å²) in [5.74, 6) is 0. The summed E-state index contributed by atoms with van der Waals surface area (Å²) >= 11 is 0. The quantitative estimate of drug-likeness (QED) is 0.540. The van der Waals surface area contributed by atoms with E-state index < -0.39 is 17.7 Å². The van der Waals surface area contributed by atoms with Crippen molar-refractivity contribution in [1.82, 2.24) is 4.90 Å². The molecular formula is C14H23NO3. The fraction of sp³-hybridized carbons (Fsp3) is 0.571. The summed E-state index contributed by atoms with van der Waals surface area (Å²) in [6.07, 6.45) is 2.22. The molecule has 0 aliphatic carbocycles. The van der Waals surface area contributed by atoms with Crippen LogP contribution in [0.5, 0.6) is 0 Å². The third-order valence-corrected chi connectivity index (χ3v) is 2.07. The summed E-state index contributed by atoms with van der Waals surface area (Å²) in [6.45, 7) is 14.8. The highest BCUT2D eigenvalue weighted by molar-refractivity contribution is 5.74. The molecular weight excluding hydrogens is 230 g/mol. The highest BCUT2D eigenvalue weighted by Gasteiger charge is 2.27. The SMILES string of the molecule is C=CCN(C(=O)OC(C)(C)C)[C@@H](C=O)CC(=C)C. The van der Waals surface area contributed by atoms with Gasteiger partial charge in [-0.2, -0.15) is 0 Å².